The van der Waals surface area contributed by atoms with Crippen LogP contribution in [-0.2, 0) is 0 Å². The molecule has 2 aromatic heterocycles. The van der Waals surface area contributed by atoms with E-state index in [1.165, 1.54) is 0 Å². The molecule has 0 unspecified atom stereocenters. The number of hydrogen-bond donors (Lipinski definition) is 0. The van der Waals surface area contributed by atoms with Crippen LogP contribution in [0.3, 0.4) is 0 Å². The molecule has 6 nitrogen and oxygen atoms in total. The van der Waals surface area contributed by atoms with Gasteiger partial charge in [-0.3, -0.25) is 0 Å². The fourth-order valence-corrected chi connectivity index (χ4v) is 2.06. The minimum absolute atomic E-state index is 0.157. The van der Waals surface area contributed by atoms with Gasteiger partial charge in [0.25, 0.3) is 0 Å². The number of anilines is 1. The molecule has 0 amide bonds. The van der Waals surface area contributed by atoms with Crippen molar-refractivity contribution >= 4 is 17.5 Å². The van der Waals surface area contributed by atoms with Crippen LogP contribution in [0.1, 0.15) is 0 Å². The van der Waals surface area contributed by atoms with Crippen molar-refractivity contribution in [1.29, 1.82) is 0 Å². The van der Waals surface area contributed by atoms with Gasteiger partial charge in [-0.2, -0.15) is 20.1 Å². The van der Waals surface area contributed by atoms with E-state index >= 15 is 0 Å². The van der Waals surface area contributed by atoms with Crippen LogP contribution >= 0.6 is 11.6 Å². The van der Waals surface area contributed by atoms with E-state index in [9.17, 15) is 0 Å². The maximum absolute atomic E-state index is 5.99. The standard InChI is InChI=1S/C14H13ClN6/c1-20(2)14-18-12(17-13(15)19-14)11-8-9-16-21(11)10-6-4-3-5-7-10/h3-9H,1-2H3. The molecule has 3 aromatic rings. The quantitative estimate of drug-likeness (QED) is 0.743. The van der Waals surface area contributed by atoms with Gasteiger partial charge in [-0.25, -0.2) is 4.68 Å². The fourth-order valence-electron chi connectivity index (χ4n) is 1.90. The Morgan fingerprint density at radius 2 is 1.76 bits per heavy atom. The van der Waals surface area contributed by atoms with Gasteiger partial charge in [0.05, 0.1) is 11.9 Å². The Labute approximate surface area is 127 Å². The lowest BCUT2D eigenvalue weighted by Gasteiger charge is -2.12. The highest BCUT2D eigenvalue weighted by Crippen LogP contribution is 2.21. The van der Waals surface area contributed by atoms with Crippen molar-refractivity contribution in [3.05, 3.63) is 47.9 Å². The summed E-state index contributed by atoms with van der Waals surface area (Å²) in [5.41, 5.74) is 1.69. The minimum Gasteiger partial charge on any atom is -0.347 e. The van der Waals surface area contributed by atoms with E-state index in [2.05, 4.69) is 20.1 Å². The number of nitrogens with zero attached hydrogens (tertiary/aromatic N) is 6. The van der Waals surface area contributed by atoms with Gasteiger partial charge < -0.3 is 4.90 Å². The summed E-state index contributed by atoms with van der Waals surface area (Å²) in [5, 5.41) is 4.48. The van der Waals surface area contributed by atoms with Crippen molar-refractivity contribution in [3.8, 4) is 17.2 Å². The first-order valence-corrected chi connectivity index (χ1v) is 6.71. The zero-order valence-corrected chi connectivity index (χ0v) is 12.4. The largest absolute Gasteiger partial charge is 0.347 e. The first-order chi connectivity index (χ1) is 10.1. The normalized spacial score (nSPS) is 10.6. The van der Waals surface area contributed by atoms with Gasteiger partial charge in [0.15, 0.2) is 5.82 Å². The van der Waals surface area contributed by atoms with Gasteiger partial charge in [0, 0.05) is 14.1 Å². The summed E-state index contributed by atoms with van der Waals surface area (Å²) in [5.74, 6) is 0.992. The highest BCUT2D eigenvalue weighted by atomic mass is 35.5. The molecule has 3 rings (SSSR count). The Morgan fingerprint density at radius 1 is 1.00 bits per heavy atom. The van der Waals surface area contributed by atoms with Gasteiger partial charge in [-0.05, 0) is 29.8 Å². The molecule has 0 saturated carbocycles. The van der Waals surface area contributed by atoms with Crippen molar-refractivity contribution in [3.63, 3.8) is 0 Å². The van der Waals surface area contributed by atoms with E-state index in [1.54, 1.807) is 15.8 Å². The van der Waals surface area contributed by atoms with Gasteiger partial charge in [0.2, 0.25) is 11.2 Å². The molecule has 0 saturated heterocycles. The minimum atomic E-state index is 0.157. The number of para-hydroxylation sites is 1. The zero-order chi connectivity index (χ0) is 14.8. The Balaban J connectivity index is 2.12. The first kappa shape index (κ1) is 13.5. The van der Waals surface area contributed by atoms with E-state index < -0.39 is 0 Å². The molecule has 0 fully saturated rings. The van der Waals surface area contributed by atoms with Crippen LogP contribution < -0.4 is 4.90 Å². The average Bonchev–Trinajstić information content (AvgIpc) is 2.97. The molecule has 0 aliphatic heterocycles. The van der Waals surface area contributed by atoms with Crippen molar-refractivity contribution in [2.75, 3.05) is 19.0 Å². The summed E-state index contributed by atoms with van der Waals surface area (Å²) in [4.78, 5) is 14.5. The molecule has 0 aliphatic carbocycles. The molecule has 0 N–H and O–H groups in total. The molecule has 0 radical (unpaired) electrons. The molecular formula is C14H13ClN6. The number of halogens is 1. The predicted octanol–water partition coefficient (Wildman–Crippen LogP) is 2.44. The van der Waals surface area contributed by atoms with Gasteiger partial charge in [-0.15, -0.1) is 0 Å². The first-order valence-electron chi connectivity index (χ1n) is 6.34. The summed E-state index contributed by atoms with van der Waals surface area (Å²) in [6.45, 7) is 0. The third kappa shape index (κ3) is 2.71. The predicted molar refractivity (Wildman–Crippen MR) is 81.7 cm³/mol. The Bertz CT molecular complexity index is 753. The van der Waals surface area contributed by atoms with Crippen LogP contribution in [0.25, 0.3) is 17.2 Å². The van der Waals surface area contributed by atoms with Crippen LogP contribution in [0.4, 0.5) is 5.95 Å². The fraction of sp³-hybridized carbons (Fsp3) is 0.143. The van der Waals surface area contributed by atoms with Crippen LogP contribution in [-0.4, -0.2) is 38.8 Å². The van der Waals surface area contributed by atoms with Crippen LogP contribution in [0.2, 0.25) is 5.28 Å². The molecule has 1 aromatic carbocycles. The van der Waals surface area contributed by atoms with E-state index in [0.717, 1.165) is 11.4 Å². The van der Waals surface area contributed by atoms with Crippen molar-refractivity contribution in [2.24, 2.45) is 0 Å². The summed E-state index contributed by atoms with van der Waals surface area (Å²) in [6, 6.07) is 11.6. The van der Waals surface area contributed by atoms with Gasteiger partial charge in [0.1, 0.15) is 5.69 Å². The highest BCUT2D eigenvalue weighted by Gasteiger charge is 2.13. The lowest BCUT2D eigenvalue weighted by Crippen LogP contribution is -2.14. The molecule has 0 aliphatic rings. The molecule has 0 bridgehead atoms. The molecule has 0 atom stereocenters. The number of hydrogen-bond acceptors (Lipinski definition) is 5. The smallest absolute Gasteiger partial charge is 0.229 e. The summed E-state index contributed by atoms with van der Waals surface area (Å²) in [6.07, 6.45) is 1.70. The second kappa shape index (κ2) is 5.49. The van der Waals surface area contributed by atoms with Gasteiger partial charge >= 0.3 is 0 Å². The maximum Gasteiger partial charge on any atom is 0.229 e. The maximum atomic E-state index is 5.99. The third-order valence-electron chi connectivity index (χ3n) is 2.87. The van der Waals surface area contributed by atoms with E-state index in [-0.39, 0.29) is 5.28 Å². The molecule has 2 heterocycles. The monoisotopic (exact) mass is 300 g/mol. The number of rotatable bonds is 3. The molecule has 21 heavy (non-hydrogen) atoms. The summed E-state index contributed by atoms with van der Waals surface area (Å²) < 4.78 is 1.77. The lowest BCUT2D eigenvalue weighted by molar-refractivity contribution is 0.870. The molecule has 106 valence electrons. The Hall–Kier alpha value is -2.47. The van der Waals surface area contributed by atoms with E-state index in [0.29, 0.717) is 11.8 Å². The van der Waals surface area contributed by atoms with Crippen molar-refractivity contribution < 1.29 is 0 Å². The van der Waals surface area contributed by atoms with Crippen LogP contribution in [0.15, 0.2) is 42.6 Å². The SMILES string of the molecule is CN(C)c1nc(Cl)nc(-c2ccnn2-c2ccccc2)n1. The third-order valence-corrected chi connectivity index (χ3v) is 3.04. The van der Waals surface area contributed by atoms with Gasteiger partial charge in [-0.1, -0.05) is 18.2 Å². The molecular weight excluding hydrogens is 288 g/mol. The second-order valence-corrected chi connectivity index (χ2v) is 4.92. The highest BCUT2D eigenvalue weighted by molar-refractivity contribution is 6.28. The molecule has 0 spiro atoms. The van der Waals surface area contributed by atoms with Crippen LogP contribution in [0, 0.1) is 0 Å². The topological polar surface area (TPSA) is 59.7 Å². The molecule has 7 heteroatoms. The van der Waals surface area contributed by atoms with E-state index in [1.807, 2.05) is 50.5 Å². The van der Waals surface area contributed by atoms with E-state index in [4.69, 9.17) is 11.6 Å². The van der Waals surface area contributed by atoms with Crippen molar-refractivity contribution in [1.82, 2.24) is 24.7 Å². The lowest BCUT2D eigenvalue weighted by atomic mass is 10.3. The Morgan fingerprint density at radius 3 is 2.48 bits per heavy atom. The number of aromatic nitrogens is 5. The van der Waals surface area contributed by atoms with Crippen LogP contribution in [0.5, 0.6) is 0 Å². The zero-order valence-electron chi connectivity index (χ0n) is 11.6. The summed E-state index contributed by atoms with van der Waals surface area (Å²) >= 11 is 5.99. The number of benzene rings is 1. The van der Waals surface area contributed by atoms with Crippen molar-refractivity contribution in [2.45, 2.75) is 0 Å². The second-order valence-electron chi connectivity index (χ2n) is 4.59. The summed E-state index contributed by atoms with van der Waals surface area (Å²) in [7, 11) is 3.70. The average molecular weight is 301 g/mol. The Kier molecular flexibility index (Phi) is 3.53.